The molecule has 0 aromatic heterocycles. The number of carbonyl (C=O) groups is 1. The fraction of sp³-hybridized carbons (Fsp3) is 0.480. The monoisotopic (exact) mass is 393 g/mol. The van der Waals surface area contributed by atoms with Gasteiger partial charge in [0.2, 0.25) is 0 Å². The van der Waals surface area contributed by atoms with Crippen LogP contribution in [0, 0.1) is 5.92 Å². The highest BCUT2D eigenvalue weighted by atomic mass is 16.5. The minimum atomic E-state index is 0.0198. The molecule has 154 valence electrons. The van der Waals surface area contributed by atoms with Gasteiger partial charge in [0.1, 0.15) is 5.78 Å². The van der Waals surface area contributed by atoms with Crippen LogP contribution in [0.4, 0.5) is 0 Å². The molecular formula is C25H31NO3. The van der Waals surface area contributed by atoms with E-state index >= 15 is 0 Å². The summed E-state index contributed by atoms with van der Waals surface area (Å²) in [4.78, 5) is 14.8. The number of carbonyl (C=O) groups excluding carboxylic acids is 1. The first-order chi connectivity index (χ1) is 14.1. The predicted octanol–water partition coefficient (Wildman–Crippen LogP) is 4.82. The topological polar surface area (TPSA) is 38.8 Å². The molecule has 1 aliphatic carbocycles. The van der Waals surface area contributed by atoms with E-state index in [2.05, 4.69) is 41.3 Å². The molecule has 2 fully saturated rings. The second-order valence-corrected chi connectivity index (χ2v) is 8.44. The number of nitrogens with zero attached hydrogens (tertiary/aromatic N) is 1. The van der Waals surface area contributed by atoms with Crippen molar-refractivity contribution in [1.82, 2.24) is 4.90 Å². The Bertz CT molecular complexity index is 829. The Hall–Kier alpha value is -2.33. The molecule has 0 N–H and O–H groups in total. The number of hydrogen-bond acceptors (Lipinski definition) is 4. The Morgan fingerprint density at radius 3 is 2.48 bits per heavy atom. The Kier molecular flexibility index (Phi) is 6.19. The zero-order chi connectivity index (χ0) is 20.2. The molecule has 1 saturated carbocycles. The van der Waals surface area contributed by atoms with Crippen molar-refractivity contribution >= 4 is 5.78 Å². The molecule has 29 heavy (non-hydrogen) atoms. The number of Topliss-reactive ketones (excluding diaryl/α,β-unsaturated/α-hetero) is 1. The van der Waals surface area contributed by atoms with Gasteiger partial charge in [-0.15, -0.1) is 0 Å². The lowest BCUT2D eigenvalue weighted by atomic mass is 9.86. The highest BCUT2D eigenvalue weighted by molar-refractivity contribution is 5.80. The van der Waals surface area contributed by atoms with E-state index in [0.29, 0.717) is 0 Å². The quantitative estimate of drug-likeness (QED) is 0.676. The largest absolute Gasteiger partial charge is 0.493 e. The average Bonchev–Trinajstić information content (AvgIpc) is 3.39. The summed E-state index contributed by atoms with van der Waals surface area (Å²) in [5.74, 6) is 2.07. The number of ketones is 1. The summed E-state index contributed by atoms with van der Waals surface area (Å²) < 4.78 is 11.8. The van der Waals surface area contributed by atoms with Crippen LogP contribution in [0.1, 0.15) is 49.7 Å². The third-order valence-electron chi connectivity index (χ3n) is 6.38. The number of benzene rings is 2. The Balaban J connectivity index is 1.55. The SMILES string of the molecule is COc1ccc([C@H]2CN(Cc3ccccc3)C[C@@H]2C(C)=O)cc1OC1CCCC1. The van der Waals surface area contributed by atoms with Gasteiger partial charge >= 0.3 is 0 Å². The van der Waals surface area contributed by atoms with Gasteiger partial charge in [0.25, 0.3) is 0 Å². The van der Waals surface area contributed by atoms with Crippen LogP contribution < -0.4 is 9.47 Å². The molecule has 2 aromatic carbocycles. The Morgan fingerprint density at radius 1 is 1.03 bits per heavy atom. The van der Waals surface area contributed by atoms with E-state index in [1.807, 2.05) is 12.1 Å². The van der Waals surface area contributed by atoms with Crippen molar-refractivity contribution in [3.8, 4) is 11.5 Å². The van der Waals surface area contributed by atoms with Crippen molar-refractivity contribution in [3.05, 3.63) is 59.7 Å². The van der Waals surface area contributed by atoms with Crippen LogP contribution in [0.25, 0.3) is 0 Å². The molecule has 0 unspecified atom stereocenters. The van der Waals surface area contributed by atoms with Crippen molar-refractivity contribution < 1.29 is 14.3 Å². The van der Waals surface area contributed by atoms with Gasteiger partial charge in [0.05, 0.1) is 13.2 Å². The summed E-state index contributed by atoms with van der Waals surface area (Å²) in [6.45, 7) is 4.29. The van der Waals surface area contributed by atoms with Crippen molar-refractivity contribution in [3.63, 3.8) is 0 Å². The van der Waals surface area contributed by atoms with E-state index in [9.17, 15) is 4.79 Å². The molecule has 4 rings (SSSR count). The smallest absolute Gasteiger partial charge is 0.161 e. The van der Waals surface area contributed by atoms with Crippen molar-refractivity contribution in [2.45, 2.75) is 51.2 Å². The summed E-state index contributed by atoms with van der Waals surface area (Å²) in [5.41, 5.74) is 2.46. The zero-order valence-corrected chi connectivity index (χ0v) is 17.5. The van der Waals surface area contributed by atoms with Gasteiger partial charge in [-0.2, -0.15) is 0 Å². The minimum Gasteiger partial charge on any atom is -0.493 e. The summed E-state index contributed by atoms with van der Waals surface area (Å²) in [7, 11) is 1.69. The molecule has 1 heterocycles. The zero-order valence-electron chi connectivity index (χ0n) is 17.5. The molecule has 1 saturated heterocycles. The first-order valence-electron chi connectivity index (χ1n) is 10.8. The normalized spacial score (nSPS) is 22.7. The van der Waals surface area contributed by atoms with Gasteiger partial charge in [-0.25, -0.2) is 0 Å². The summed E-state index contributed by atoms with van der Waals surface area (Å²) >= 11 is 0. The molecule has 2 atom stereocenters. The van der Waals surface area contributed by atoms with E-state index in [0.717, 1.165) is 44.0 Å². The summed E-state index contributed by atoms with van der Waals surface area (Å²) in [6, 6.07) is 16.7. The van der Waals surface area contributed by atoms with E-state index in [1.54, 1.807) is 14.0 Å². The number of hydrogen-bond donors (Lipinski definition) is 0. The van der Waals surface area contributed by atoms with Crippen LogP contribution in [0.2, 0.25) is 0 Å². The maximum absolute atomic E-state index is 12.4. The van der Waals surface area contributed by atoms with E-state index < -0.39 is 0 Å². The number of rotatable bonds is 7. The van der Waals surface area contributed by atoms with Gasteiger partial charge < -0.3 is 9.47 Å². The average molecular weight is 394 g/mol. The van der Waals surface area contributed by atoms with Crippen molar-refractivity contribution in [2.24, 2.45) is 5.92 Å². The lowest BCUT2D eigenvalue weighted by Gasteiger charge is -2.21. The third-order valence-corrected chi connectivity index (χ3v) is 6.38. The maximum Gasteiger partial charge on any atom is 0.161 e. The van der Waals surface area contributed by atoms with Gasteiger partial charge in [0, 0.05) is 31.5 Å². The van der Waals surface area contributed by atoms with Crippen LogP contribution in [0.15, 0.2) is 48.5 Å². The molecule has 0 radical (unpaired) electrons. The molecule has 4 heteroatoms. The molecule has 4 nitrogen and oxygen atoms in total. The Morgan fingerprint density at radius 2 is 1.79 bits per heavy atom. The summed E-state index contributed by atoms with van der Waals surface area (Å²) in [5, 5.41) is 0. The van der Waals surface area contributed by atoms with Crippen LogP contribution in [-0.4, -0.2) is 37.0 Å². The minimum absolute atomic E-state index is 0.0198. The number of likely N-dealkylation sites (tertiary alicyclic amines) is 1. The fourth-order valence-electron chi connectivity index (χ4n) is 4.81. The van der Waals surface area contributed by atoms with E-state index in [4.69, 9.17) is 9.47 Å². The molecule has 2 aromatic rings. The Labute approximate surface area is 173 Å². The summed E-state index contributed by atoms with van der Waals surface area (Å²) in [6.07, 6.45) is 4.96. The molecule has 0 spiro atoms. The number of ether oxygens (including phenoxy) is 2. The lowest BCUT2D eigenvalue weighted by molar-refractivity contribution is -0.120. The highest BCUT2D eigenvalue weighted by Crippen LogP contribution is 2.39. The number of methoxy groups -OCH3 is 1. The third kappa shape index (κ3) is 4.64. The second kappa shape index (κ2) is 9.00. The van der Waals surface area contributed by atoms with Crippen LogP contribution in [0.3, 0.4) is 0 Å². The van der Waals surface area contributed by atoms with Gasteiger partial charge in [0.15, 0.2) is 11.5 Å². The highest BCUT2D eigenvalue weighted by Gasteiger charge is 2.37. The van der Waals surface area contributed by atoms with E-state index in [1.165, 1.54) is 24.0 Å². The molecule has 1 aliphatic heterocycles. The standard InChI is InChI=1S/C25H31NO3/c1-18(27)22-16-26(15-19-8-4-3-5-9-19)17-23(22)20-12-13-24(28-2)25(14-20)29-21-10-6-7-11-21/h3-5,8-9,12-14,21-23H,6-7,10-11,15-17H2,1-2H3/t22-,23-/m1/s1. The molecule has 0 amide bonds. The van der Waals surface area contributed by atoms with Crippen LogP contribution in [-0.2, 0) is 11.3 Å². The first-order valence-corrected chi connectivity index (χ1v) is 10.8. The second-order valence-electron chi connectivity index (χ2n) is 8.44. The fourth-order valence-corrected chi connectivity index (χ4v) is 4.81. The van der Waals surface area contributed by atoms with Gasteiger partial charge in [-0.1, -0.05) is 36.4 Å². The van der Waals surface area contributed by atoms with Crippen LogP contribution in [0.5, 0.6) is 11.5 Å². The maximum atomic E-state index is 12.4. The molecular weight excluding hydrogens is 362 g/mol. The van der Waals surface area contributed by atoms with Crippen LogP contribution >= 0.6 is 0 Å². The van der Waals surface area contributed by atoms with Gasteiger partial charge in [-0.3, -0.25) is 9.69 Å². The first kappa shape index (κ1) is 20.0. The van der Waals surface area contributed by atoms with Crippen molar-refractivity contribution in [1.29, 1.82) is 0 Å². The molecule has 2 aliphatic rings. The van der Waals surface area contributed by atoms with E-state index in [-0.39, 0.29) is 23.7 Å². The van der Waals surface area contributed by atoms with Crippen molar-refractivity contribution in [2.75, 3.05) is 20.2 Å². The van der Waals surface area contributed by atoms with Gasteiger partial charge in [-0.05, 0) is 55.9 Å². The predicted molar refractivity (Wildman–Crippen MR) is 115 cm³/mol. The molecule has 0 bridgehead atoms. The lowest BCUT2D eigenvalue weighted by Crippen LogP contribution is -2.22.